The van der Waals surface area contributed by atoms with E-state index in [9.17, 15) is 0 Å². The highest BCUT2D eigenvalue weighted by atomic mass is 16.5. The predicted molar refractivity (Wildman–Crippen MR) is 71.4 cm³/mol. The molecule has 1 aromatic heterocycles. The van der Waals surface area contributed by atoms with Gasteiger partial charge in [0.1, 0.15) is 0 Å². The molecule has 98 valence electrons. The number of anilines is 1. The van der Waals surface area contributed by atoms with Gasteiger partial charge in [-0.3, -0.25) is 0 Å². The van der Waals surface area contributed by atoms with Gasteiger partial charge < -0.3 is 14.6 Å². The summed E-state index contributed by atoms with van der Waals surface area (Å²) in [5, 5.41) is 3.48. The van der Waals surface area contributed by atoms with Crippen LogP contribution in [0.2, 0.25) is 0 Å². The van der Waals surface area contributed by atoms with Gasteiger partial charge in [0.2, 0.25) is 5.95 Å². The fourth-order valence-electron chi connectivity index (χ4n) is 1.43. The van der Waals surface area contributed by atoms with E-state index in [2.05, 4.69) is 48.8 Å². The number of nitrogens with one attached hydrogen (secondary N) is 1. The summed E-state index contributed by atoms with van der Waals surface area (Å²) in [6.45, 7) is 12.4. The number of hydrogen-bond acceptors (Lipinski definition) is 3. The lowest BCUT2D eigenvalue weighted by molar-refractivity contribution is 0.187. The molecular formula is C13H25N3O. The van der Waals surface area contributed by atoms with Crippen molar-refractivity contribution in [2.75, 3.05) is 19.0 Å². The smallest absolute Gasteiger partial charge is 0.203 e. The summed E-state index contributed by atoms with van der Waals surface area (Å²) in [5.41, 5.74) is 1.25. The van der Waals surface area contributed by atoms with Gasteiger partial charge in [-0.1, -0.05) is 20.8 Å². The van der Waals surface area contributed by atoms with Crippen LogP contribution in [-0.4, -0.2) is 29.3 Å². The average molecular weight is 239 g/mol. The molecule has 1 atom stereocenters. The highest BCUT2D eigenvalue weighted by Crippen LogP contribution is 2.22. The molecule has 0 aliphatic rings. The van der Waals surface area contributed by atoms with Crippen LogP contribution in [0.4, 0.5) is 5.95 Å². The van der Waals surface area contributed by atoms with E-state index < -0.39 is 0 Å². The van der Waals surface area contributed by atoms with Crippen LogP contribution in [-0.2, 0) is 11.3 Å². The van der Waals surface area contributed by atoms with Crippen molar-refractivity contribution in [3.8, 4) is 0 Å². The van der Waals surface area contributed by atoms with Crippen LogP contribution >= 0.6 is 0 Å². The van der Waals surface area contributed by atoms with Crippen molar-refractivity contribution in [2.24, 2.45) is 5.41 Å². The molecule has 17 heavy (non-hydrogen) atoms. The van der Waals surface area contributed by atoms with E-state index in [1.165, 1.54) is 0 Å². The molecule has 0 aliphatic carbocycles. The third-order valence-corrected chi connectivity index (χ3v) is 3.08. The lowest BCUT2D eigenvalue weighted by atomic mass is 9.88. The van der Waals surface area contributed by atoms with Gasteiger partial charge in [0.25, 0.3) is 0 Å². The molecule has 0 spiro atoms. The van der Waals surface area contributed by atoms with Gasteiger partial charge >= 0.3 is 0 Å². The summed E-state index contributed by atoms with van der Waals surface area (Å²) in [6, 6.07) is 0.366. The van der Waals surface area contributed by atoms with Crippen LogP contribution < -0.4 is 5.32 Å². The molecule has 0 aliphatic heterocycles. The standard InChI is InChI=1S/C13H25N3O/c1-10-9-16(7-8-17-6)12(14-10)15-11(2)13(3,4)5/h9,11H,7-8H2,1-6H3,(H,14,15). The quantitative estimate of drug-likeness (QED) is 0.858. The van der Waals surface area contributed by atoms with Gasteiger partial charge in [0, 0.05) is 25.9 Å². The van der Waals surface area contributed by atoms with E-state index in [4.69, 9.17) is 4.74 Å². The van der Waals surface area contributed by atoms with Gasteiger partial charge in [0.05, 0.1) is 12.3 Å². The summed E-state index contributed by atoms with van der Waals surface area (Å²) >= 11 is 0. The Bertz CT molecular complexity index is 352. The van der Waals surface area contributed by atoms with Crippen molar-refractivity contribution in [1.82, 2.24) is 9.55 Å². The molecule has 0 bridgehead atoms. The van der Waals surface area contributed by atoms with Gasteiger partial charge in [-0.05, 0) is 19.3 Å². The van der Waals surface area contributed by atoms with Gasteiger partial charge in [0.15, 0.2) is 0 Å². The molecule has 0 saturated heterocycles. The topological polar surface area (TPSA) is 39.1 Å². The molecule has 4 heteroatoms. The number of imidazole rings is 1. The monoisotopic (exact) mass is 239 g/mol. The van der Waals surface area contributed by atoms with Gasteiger partial charge in [-0.2, -0.15) is 0 Å². The lowest BCUT2D eigenvalue weighted by Gasteiger charge is -2.28. The Hall–Kier alpha value is -1.03. The Labute approximate surface area is 104 Å². The third kappa shape index (κ3) is 4.04. The molecule has 0 fully saturated rings. The normalized spacial score (nSPS) is 13.8. The van der Waals surface area contributed by atoms with E-state index in [1.54, 1.807) is 7.11 Å². The first-order chi connectivity index (χ1) is 7.84. The summed E-state index contributed by atoms with van der Waals surface area (Å²) in [7, 11) is 1.72. The van der Waals surface area contributed by atoms with Gasteiger partial charge in [-0.15, -0.1) is 0 Å². The van der Waals surface area contributed by atoms with Crippen LogP contribution in [0.25, 0.3) is 0 Å². The second-order valence-electron chi connectivity index (χ2n) is 5.62. The summed E-state index contributed by atoms with van der Waals surface area (Å²) in [4.78, 5) is 4.51. The van der Waals surface area contributed by atoms with Crippen LogP contribution in [0.5, 0.6) is 0 Å². The largest absolute Gasteiger partial charge is 0.383 e. The number of aromatic nitrogens is 2. The van der Waals surface area contributed by atoms with E-state index in [1.807, 2.05) is 6.92 Å². The van der Waals surface area contributed by atoms with Crippen molar-refractivity contribution >= 4 is 5.95 Å². The van der Waals surface area contributed by atoms with E-state index in [-0.39, 0.29) is 5.41 Å². The van der Waals surface area contributed by atoms with Crippen molar-refractivity contribution < 1.29 is 4.74 Å². The number of ether oxygens (including phenoxy) is 1. The molecule has 0 saturated carbocycles. The Morgan fingerprint density at radius 2 is 2.12 bits per heavy atom. The lowest BCUT2D eigenvalue weighted by Crippen LogP contribution is -2.32. The second-order valence-corrected chi connectivity index (χ2v) is 5.62. The fourth-order valence-corrected chi connectivity index (χ4v) is 1.43. The summed E-state index contributed by atoms with van der Waals surface area (Å²) in [5.74, 6) is 0.932. The minimum atomic E-state index is 0.214. The molecule has 1 heterocycles. The highest BCUT2D eigenvalue weighted by molar-refractivity contribution is 5.30. The fraction of sp³-hybridized carbons (Fsp3) is 0.769. The Kier molecular flexibility index (Phi) is 4.57. The van der Waals surface area contributed by atoms with E-state index >= 15 is 0 Å². The Morgan fingerprint density at radius 1 is 1.47 bits per heavy atom. The maximum atomic E-state index is 5.11. The highest BCUT2D eigenvalue weighted by Gasteiger charge is 2.21. The van der Waals surface area contributed by atoms with Crippen molar-refractivity contribution in [3.63, 3.8) is 0 Å². The van der Waals surface area contributed by atoms with E-state index in [0.29, 0.717) is 12.6 Å². The molecule has 1 rings (SSSR count). The first-order valence-corrected chi connectivity index (χ1v) is 6.14. The number of hydrogen-bond donors (Lipinski definition) is 1. The zero-order valence-corrected chi connectivity index (χ0v) is 11.9. The van der Waals surface area contributed by atoms with Crippen molar-refractivity contribution in [3.05, 3.63) is 11.9 Å². The molecule has 0 amide bonds. The van der Waals surface area contributed by atoms with Crippen molar-refractivity contribution in [2.45, 2.75) is 47.2 Å². The molecule has 1 unspecified atom stereocenters. The number of rotatable bonds is 5. The Balaban J connectivity index is 2.76. The molecule has 4 nitrogen and oxygen atoms in total. The number of nitrogens with zero attached hydrogens (tertiary/aromatic N) is 2. The molecule has 0 radical (unpaired) electrons. The third-order valence-electron chi connectivity index (χ3n) is 3.08. The molecule has 1 aromatic rings. The SMILES string of the molecule is COCCn1cc(C)nc1NC(C)C(C)(C)C. The minimum absolute atomic E-state index is 0.214. The van der Waals surface area contributed by atoms with Crippen LogP contribution in [0.1, 0.15) is 33.4 Å². The average Bonchev–Trinajstić information content (AvgIpc) is 2.54. The zero-order chi connectivity index (χ0) is 13.1. The van der Waals surface area contributed by atoms with E-state index in [0.717, 1.165) is 18.2 Å². The summed E-state index contributed by atoms with van der Waals surface area (Å²) in [6.07, 6.45) is 2.05. The molecule has 0 aromatic carbocycles. The Morgan fingerprint density at radius 3 is 2.65 bits per heavy atom. The number of aryl methyl sites for hydroxylation is 1. The first kappa shape index (κ1) is 14.0. The molecular weight excluding hydrogens is 214 g/mol. The van der Waals surface area contributed by atoms with Gasteiger partial charge in [-0.25, -0.2) is 4.98 Å². The second kappa shape index (κ2) is 5.54. The number of methoxy groups -OCH3 is 1. The van der Waals surface area contributed by atoms with Crippen LogP contribution in [0, 0.1) is 12.3 Å². The zero-order valence-electron chi connectivity index (χ0n) is 11.9. The first-order valence-electron chi connectivity index (χ1n) is 6.14. The summed E-state index contributed by atoms with van der Waals surface area (Å²) < 4.78 is 7.22. The molecule has 1 N–H and O–H groups in total. The maximum Gasteiger partial charge on any atom is 0.203 e. The minimum Gasteiger partial charge on any atom is -0.383 e. The predicted octanol–water partition coefficient (Wildman–Crippen LogP) is 2.68. The van der Waals surface area contributed by atoms with Crippen molar-refractivity contribution in [1.29, 1.82) is 0 Å². The maximum absolute atomic E-state index is 5.11. The van der Waals surface area contributed by atoms with Crippen LogP contribution in [0.3, 0.4) is 0 Å². The van der Waals surface area contributed by atoms with Crippen LogP contribution in [0.15, 0.2) is 6.20 Å².